The highest BCUT2D eigenvalue weighted by Gasteiger charge is 2.09. The summed E-state index contributed by atoms with van der Waals surface area (Å²) in [6, 6.07) is 5.87. The standard InChI is InChI=1S/C9H10N2O/c1-6-2-3-8-7(4-6)11-9(10)5-12-8/h2-4H,5H2,1H3,(H2,10,11). The Kier molecular flexibility index (Phi) is 1.50. The van der Waals surface area contributed by atoms with Gasteiger partial charge in [0, 0.05) is 0 Å². The van der Waals surface area contributed by atoms with Crippen LogP contribution >= 0.6 is 0 Å². The van der Waals surface area contributed by atoms with Crippen LogP contribution in [-0.2, 0) is 0 Å². The van der Waals surface area contributed by atoms with Gasteiger partial charge in [-0.2, -0.15) is 0 Å². The molecule has 0 fully saturated rings. The van der Waals surface area contributed by atoms with Crippen LogP contribution in [0.2, 0.25) is 0 Å². The summed E-state index contributed by atoms with van der Waals surface area (Å²) < 4.78 is 5.33. The molecule has 2 N–H and O–H groups in total. The van der Waals surface area contributed by atoms with Crippen LogP contribution in [0.3, 0.4) is 0 Å². The Morgan fingerprint density at radius 2 is 2.33 bits per heavy atom. The van der Waals surface area contributed by atoms with Crippen molar-refractivity contribution in [2.24, 2.45) is 10.7 Å². The van der Waals surface area contributed by atoms with Gasteiger partial charge >= 0.3 is 0 Å². The summed E-state index contributed by atoms with van der Waals surface area (Å²) in [6.07, 6.45) is 0. The van der Waals surface area contributed by atoms with Crippen molar-refractivity contribution in [1.29, 1.82) is 0 Å². The van der Waals surface area contributed by atoms with Gasteiger partial charge in [-0.15, -0.1) is 0 Å². The maximum Gasteiger partial charge on any atom is 0.145 e. The third-order valence-corrected chi connectivity index (χ3v) is 1.75. The number of nitrogens with zero attached hydrogens (tertiary/aromatic N) is 1. The zero-order valence-corrected chi connectivity index (χ0v) is 6.87. The Balaban J connectivity index is 2.53. The van der Waals surface area contributed by atoms with Crippen LogP contribution in [0.5, 0.6) is 5.75 Å². The largest absolute Gasteiger partial charge is 0.483 e. The van der Waals surface area contributed by atoms with Crippen molar-refractivity contribution in [3.63, 3.8) is 0 Å². The Bertz CT molecular complexity index is 344. The van der Waals surface area contributed by atoms with Crippen molar-refractivity contribution in [1.82, 2.24) is 0 Å². The van der Waals surface area contributed by atoms with E-state index in [-0.39, 0.29) is 0 Å². The summed E-state index contributed by atoms with van der Waals surface area (Å²) in [5, 5.41) is 0. The van der Waals surface area contributed by atoms with E-state index in [0.29, 0.717) is 12.4 Å². The van der Waals surface area contributed by atoms with Gasteiger partial charge in [0.1, 0.15) is 23.9 Å². The molecule has 0 unspecified atom stereocenters. The molecule has 0 saturated carbocycles. The molecule has 1 heterocycles. The van der Waals surface area contributed by atoms with E-state index in [1.165, 1.54) is 0 Å². The molecule has 62 valence electrons. The van der Waals surface area contributed by atoms with E-state index in [1.807, 2.05) is 25.1 Å². The first kappa shape index (κ1) is 7.16. The number of aliphatic imine (C=N–C) groups is 1. The normalized spacial score (nSPS) is 14.6. The van der Waals surface area contributed by atoms with Crippen molar-refractivity contribution in [3.05, 3.63) is 23.8 Å². The van der Waals surface area contributed by atoms with Crippen molar-refractivity contribution in [2.45, 2.75) is 6.92 Å². The van der Waals surface area contributed by atoms with E-state index < -0.39 is 0 Å². The lowest BCUT2D eigenvalue weighted by Gasteiger charge is -2.14. The smallest absolute Gasteiger partial charge is 0.145 e. The van der Waals surface area contributed by atoms with Gasteiger partial charge in [-0.3, -0.25) is 0 Å². The molecule has 1 aromatic carbocycles. The molecule has 3 heteroatoms. The number of benzene rings is 1. The lowest BCUT2D eigenvalue weighted by atomic mass is 10.2. The predicted octanol–water partition coefficient (Wildman–Crippen LogP) is 1.38. The van der Waals surface area contributed by atoms with Gasteiger partial charge in [-0.1, -0.05) is 6.07 Å². The topological polar surface area (TPSA) is 47.6 Å². The van der Waals surface area contributed by atoms with Gasteiger partial charge in [0.05, 0.1) is 0 Å². The van der Waals surface area contributed by atoms with Crippen LogP contribution in [0.15, 0.2) is 23.2 Å². The Hall–Kier alpha value is -1.51. The second kappa shape index (κ2) is 2.52. The minimum atomic E-state index is 0.399. The maximum atomic E-state index is 5.52. The predicted molar refractivity (Wildman–Crippen MR) is 48.0 cm³/mol. The van der Waals surface area contributed by atoms with Gasteiger partial charge < -0.3 is 10.5 Å². The molecule has 12 heavy (non-hydrogen) atoms. The summed E-state index contributed by atoms with van der Waals surface area (Å²) >= 11 is 0. The van der Waals surface area contributed by atoms with E-state index in [0.717, 1.165) is 17.0 Å². The number of hydrogen-bond donors (Lipinski definition) is 1. The Labute approximate surface area is 70.9 Å². The minimum Gasteiger partial charge on any atom is -0.483 e. The number of rotatable bonds is 0. The summed E-state index contributed by atoms with van der Waals surface area (Å²) in [5.74, 6) is 1.35. The molecule has 3 nitrogen and oxygen atoms in total. The molecule has 0 atom stereocenters. The molecule has 0 radical (unpaired) electrons. The first-order valence-corrected chi connectivity index (χ1v) is 3.82. The third-order valence-electron chi connectivity index (χ3n) is 1.75. The minimum absolute atomic E-state index is 0.399. The highest BCUT2D eigenvalue weighted by molar-refractivity contribution is 5.87. The van der Waals surface area contributed by atoms with Crippen molar-refractivity contribution < 1.29 is 4.74 Å². The zero-order chi connectivity index (χ0) is 8.55. The average molecular weight is 162 g/mol. The molecule has 1 aliphatic heterocycles. The van der Waals surface area contributed by atoms with E-state index in [1.54, 1.807) is 0 Å². The summed E-state index contributed by atoms with van der Waals surface area (Å²) in [6.45, 7) is 2.41. The lowest BCUT2D eigenvalue weighted by molar-refractivity contribution is 0.371. The molecule has 0 aliphatic carbocycles. The van der Waals surface area contributed by atoms with E-state index in [9.17, 15) is 0 Å². The van der Waals surface area contributed by atoms with Gasteiger partial charge in [0.2, 0.25) is 0 Å². The van der Waals surface area contributed by atoms with Crippen molar-refractivity contribution in [2.75, 3.05) is 6.61 Å². The zero-order valence-electron chi connectivity index (χ0n) is 6.87. The SMILES string of the molecule is Cc1ccc2c(c1)N=C(N)CO2. The Morgan fingerprint density at radius 3 is 3.17 bits per heavy atom. The van der Waals surface area contributed by atoms with Crippen LogP contribution in [0.1, 0.15) is 5.56 Å². The molecule has 2 rings (SSSR count). The van der Waals surface area contributed by atoms with E-state index in [4.69, 9.17) is 10.5 Å². The molecular weight excluding hydrogens is 152 g/mol. The maximum absolute atomic E-state index is 5.52. The van der Waals surface area contributed by atoms with Crippen LogP contribution in [-0.4, -0.2) is 12.4 Å². The van der Waals surface area contributed by atoms with Crippen LogP contribution in [0.25, 0.3) is 0 Å². The quantitative estimate of drug-likeness (QED) is 0.626. The molecule has 0 aromatic heterocycles. The first-order valence-electron chi connectivity index (χ1n) is 3.82. The summed E-state index contributed by atoms with van der Waals surface area (Å²) in [5.41, 5.74) is 7.52. The second-order valence-corrected chi connectivity index (χ2v) is 2.86. The molecular formula is C9H10N2O. The number of amidine groups is 1. The highest BCUT2D eigenvalue weighted by Crippen LogP contribution is 2.30. The van der Waals surface area contributed by atoms with Crippen molar-refractivity contribution >= 4 is 11.5 Å². The third kappa shape index (κ3) is 1.13. The fourth-order valence-electron chi connectivity index (χ4n) is 1.18. The molecule has 0 spiro atoms. The number of ether oxygens (including phenoxy) is 1. The first-order chi connectivity index (χ1) is 5.75. The fourth-order valence-corrected chi connectivity index (χ4v) is 1.18. The highest BCUT2D eigenvalue weighted by atomic mass is 16.5. The molecule has 0 amide bonds. The Morgan fingerprint density at radius 1 is 1.50 bits per heavy atom. The monoisotopic (exact) mass is 162 g/mol. The summed E-state index contributed by atoms with van der Waals surface area (Å²) in [7, 11) is 0. The van der Waals surface area contributed by atoms with Gasteiger partial charge in [-0.25, -0.2) is 4.99 Å². The average Bonchev–Trinajstić information content (AvgIpc) is 2.03. The van der Waals surface area contributed by atoms with Crippen LogP contribution in [0.4, 0.5) is 5.69 Å². The van der Waals surface area contributed by atoms with E-state index in [2.05, 4.69) is 4.99 Å². The molecule has 1 aliphatic rings. The molecule has 0 bridgehead atoms. The van der Waals surface area contributed by atoms with Crippen LogP contribution in [0, 0.1) is 6.92 Å². The number of fused-ring (bicyclic) bond motifs is 1. The molecule has 0 saturated heterocycles. The van der Waals surface area contributed by atoms with Gasteiger partial charge in [0.25, 0.3) is 0 Å². The fraction of sp³-hybridized carbons (Fsp3) is 0.222. The number of nitrogens with two attached hydrogens (primary N) is 1. The van der Waals surface area contributed by atoms with Gasteiger partial charge in [-0.05, 0) is 24.6 Å². The second-order valence-electron chi connectivity index (χ2n) is 2.86. The van der Waals surface area contributed by atoms with Crippen molar-refractivity contribution in [3.8, 4) is 5.75 Å². The van der Waals surface area contributed by atoms with Crippen LogP contribution < -0.4 is 10.5 Å². The molecule has 1 aromatic rings. The number of hydrogen-bond acceptors (Lipinski definition) is 3. The lowest BCUT2D eigenvalue weighted by Crippen LogP contribution is -2.23. The van der Waals surface area contributed by atoms with E-state index >= 15 is 0 Å². The number of aryl methyl sites for hydroxylation is 1. The van der Waals surface area contributed by atoms with Gasteiger partial charge in [0.15, 0.2) is 0 Å². The summed E-state index contributed by atoms with van der Waals surface area (Å²) in [4.78, 5) is 4.18.